The molecule has 4 aromatic heterocycles. The minimum absolute atomic E-state index is 0.178. The fourth-order valence-corrected chi connectivity index (χ4v) is 4.25. The number of hydrogen-bond acceptors (Lipinski definition) is 8. The predicted octanol–water partition coefficient (Wildman–Crippen LogP) is 3.09. The van der Waals surface area contributed by atoms with Crippen LogP contribution in [0.3, 0.4) is 0 Å². The number of fused-ring (bicyclic) bond motifs is 1. The van der Waals surface area contributed by atoms with Crippen LogP contribution in [0.25, 0.3) is 28.4 Å². The number of ether oxygens (including phenoxy) is 2. The fraction of sp³-hybridized carbons (Fsp3) is 0.500. The Hall–Kier alpha value is -3.77. The highest BCUT2D eigenvalue weighted by Gasteiger charge is 2.25. The Labute approximate surface area is 223 Å². The van der Waals surface area contributed by atoms with Gasteiger partial charge in [0.25, 0.3) is 5.91 Å². The Morgan fingerprint density at radius 2 is 1.89 bits per heavy atom. The second kappa shape index (κ2) is 13.7. The second-order valence-corrected chi connectivity index (χ2v) is 8.66. The van der Waals surface area contributed by atoms with Crippen molar-refractivity contribution in [2.45, 2.75) is 45.6 Å². The van der Waals surface area contributed by atoms with Gasteiger partial charge >= 0.3 is 0 Å². The number of hydrogen-bond donors (Lipinski definition) is 2. The van der Waals surface area contributed by atoms with Crippen molar-refractivity contribution < 1.29 is 14.3 Å². The molecule has 1 aliphatic carbocycles. The van der Waals surface area contributed by atoms with E-state index in [1.807, 2.05) is 34.0 Å². The molecule has 12 nitrogen and oxygen atoms in total. The molecule has 0 aliphatic heterocycles. The zero-order valence-corrected chi connectivity index (χ0v) is 23.1. The second-order valence-electron chi connectivity index (χ2n) is 8.66. The number of imidazole rings is 1. The third kappa shape index (κ3) is 6.56. The molecule has 4 aromatic rings. The molecule has 1 amide bonds. The summed E-state index contributed by atoms with van der Waals surface area (Å²) in [4.78, 5) is 21.6. The minimum atomic E-state index is -0.301. The average molecular weight is 526 g/mol. The van der Waals surface area contributed by atoms with Crippen LogP contribution in [0.1, 0.15) is 49.9 Å². The van der Waals surface area contributed by atoms with Gasteiger partial charge in [-0.25, -0.2) is 14.5 Å². The lowest BCUT2D eigenvalue weighted by Crippen LogP contribution is -2.27. The lowest BCUT2D eigenvalue weighted by molar-refractivity contribution is 0.0939. The van der Waals surface area contributed by atoms with Crippen molar-refractivity contribution in [3.05, 3.63) is 36.4 Å². The SMILES string of the molecule is CC.COC1CCCC1.COCCNC(=O)c1c(-c2ccn(C)n2)cn2nc(-c3nccn3C)nc(N)c12. The molecule has 3 N–H and O–H groups in total. The molecule has 0 radical (unpaired) electrons. The molecule has 206 valence electrons. The number of aromatic nitrogens is 7. The minimum Gasteiger partial charge on any atom is -0.383 e. The van der Waals surface area contributed by atoms with E-state index in [1.165, 1.54) is 25.7 Å². The molecule has 12 heteroatoms. The van der Waals surface area contributed by atoms with Crippen LogP contribution in [-0.4, -0.2) is 73.3 Å². The van der Waals surface area contributed by atoms with Crippen LogP contribution < -0.4 is 11.1 Å². The van der Waals surface area contributed by atoms with Gasteiger partial charge in [0.1, 0.15) is 5.52 Å². The molecule has 4 heterocycles. The van der Waals surface area contributed by atoms with E-state index in [-0.39, 0.29) is 11.7 Å². The Balaban J connectivity index is 0.000000381. The molecule has 0 saturated heterocycles. The smallest absolute Gasteiger partial charge is 0.254 e. The highest BCUT2D eigenvalue weighted by molar-refractivity contribution is 6.09. The lowest BCUT2D eigenvalue weighted by Gasteiger charge is -2.08. The van der Waals surface area contributed by atoms with E-state index in [0.29, 0.717) is 53.2 Å². The Morgan fingerprint density at radius 1 is 1.16 bits per heavy atom. The van der Waals surface area contributed by atoms with E-state index in [0.717, 1.165) is 0 Å². The monoisotopic (exact) mass is 525 g/mol. The molecule has 0 spiro atoms. The summed E-state index contributed by atoms with van der Waals surface area (Å²) < 4.78 is 15.1. The van der Waals surface area contributed by atoms with Crippen LogP contribution in [0, 0.1) is 0 Å². The average Bonchev–Trinajstić information content (AvgIpc) is 3.72. The lowest BCUT2D eigenvalue weighted by atomic mass is 10.1. The van der Waals surface area contributed by atoms with Crippen LogP contribution in [0.4, 0.5) is 5.82 Å². The van der Waals surface area contributed by atoms with Gasteiger partial charge in [-0.15, -0.1) is 5.10 Å². The molecule has 0 aromatic carbocycles. The van der Waals surface area contributed by atoms with E-state index < -0.39 is 0 Å². The summed E-state index contributed by atoms with van der Waals surface area (Å²) in [5.41, 5.74) is 8.29. The molecule has 5 rings (SSSR count). The number of nitrogens with zero attached hydrogens (tertiary/aromatic N) is 7. The summed E-state index contributed by atoms with van der Waals surface area (Å²) in [6, 6.07) is 1.82. The Kier molecular flexibility index (Phi) is 10.4. The van der Waals surface area contributed by atoms with Gasteiger partial charge in [0.15, 0.2) is 11.6 Å². The van der Waals surface area contributed by atoms with Crippen molar-refractivity contribution >= 4 is 17.2 Å². The maximum atomic E-state index is 13.0. The number of nitrogens with one attached hydrogen (secondary N) is 1. The first kappa shape index (κ1) is 28.8. The Morgan fingerprint density at radius 3 is 2.45 bits per heavy atom. The van der Waals surface area contributed by atoms with Crippen molar-refractivity contribution in [3.63, 3.8) is 0 Å². The van der Waals surface area contributed by atoms with Gasteiger partial charge in [-0.05, 0) is 18.9 Å². The number of nitrogen functional groups attached to an aromatic ring is 1. The Bertz CT molecular complexity index is 1320. The fourth-order valence-electron chi connectivity index (χ4n) is 4.25. The van der Waals surface area contributed by atoms with Gasteiger partial charge in [0.2, 0.25) is 5.82 Å². The molecule has 1 saturated carbocycles. The highest BCUT2D eigenvalue weighted by atomic mass is 16.5. The molecule has 1 aliphatic rings. The van der Waals surface area contributed by atoms with Crippen LogP contribution in [0.2, 0.25) is 0 Å². The van der Waals surface area contributed by atoms with Crippen LogP contribution in [0.15, 0.2) is 30.9 Å². The first-order valence-corrected chi connectivity index (χ1v) is 12.9. The first-order valence-electron chi connectivity index (χ1n) is 12.9. The third-order valence-corrected chi connectivity index (χ3v) is 6.12. The van der Waals surface area contributed by atoms with E-state index in [4.69, 9.17) is 15.2 Å². The number of carbonyl (C=O) groups excluding carboxylic acids is 1. The van der Waals surface area contributed by atoms with Crippen LogP contribution in [0.5, 0.6) is 0 Å². The molecule has 38 heavy (non-hydrogen) atoms. The van der Waals surface area contributed by atoms with Crippen LogP contribution in [-0.2, 0) is 23.6 Å². The number of carbonyl (C=O) groups is 1. The highest BCUT2D eigenvalue weighted by Crippen LogP contribution is 2.30. The third-order valence-electron chi connectivity index (χ3n) is 6.12. The summed E-state index contributed by atoms with van der Waals surface area (Å²) in [7, 11) is 7.03. The number of methoxy groups -OCH3 is 2. The van der Waals surface area contributed by atoms with Gasteiger partial charge in [0, 0.05) is 65.2 Å². The number of amides is 1. The molecule has 0 unspecified atom stereocenters. The molecule has 0 atom stereocenters. The number of rotatable bonds is 7. The maximum Gasteiger partial charge on any atom is 0.254 e. The van der Waals surface area contributed by atoms with Crippen molar-refractivity contribution in [1.82, 2.24) is 39.2 Å². The van der Waals surface area contributed by atoms with E-state index in [2.05, 4.69) is 25.5 Å². The number of aryl methyl sites for hydroxylation is 2. The summed E-state index contributed by atoms with van der Waals surface area (Å²) >= 11 is 0. The summed E-state index contributed by atoms with van der Waals surface area (Å²) in [6.07, 6.45) is 12.9. The molecule has 1 fully saturated rings. The largest absolute Gasteiger partial charge is 0.383 e. The summed E-state index contributed by atoms with van der Waals surface area (Å²) in [6.45, 7) is 4.76. The predicted molar refractivity (Wildman–Crippen MR) is 147 cm³/mol. The zero-order valence-electron chi connectivity index (χ0n) is 23.1. The van der Waals surface area contributed by atoms with Gasteiger partial charge in [-0.2, -0.15) is 5.10 Å². The van der Waals surface area contributed by atoms with Crippen molar-refractivity contribution in [3.8, 4) is 22.9 Å². The van der Waals surface area contributed by atoms with Gasteiger partial charge in [-0.1, -0.05) is 26.7 Å². The van der Waals surface area contributed by atoms with Crippen molar-refractivity contribution in [1.29, 1.82) is 0 Å². The van der Waals surface area contributed by atoms with E-state index in [1.54, 1.807) is 52.8 Å². The molecular formula is C26H39N9O3. The van der Waals surface area contributed by atoms with Gasteiger partial charge < -0.3 is 25.1 Å². The molecular weight excluding hydrogens is 486 g/mol. The van der Waals surface area contributed by atoms with Crippen molar-refractivity contribution in [2.75, 3.05) is 33.1 Å². The number of nitrogens with two attached hydrogens (primary N) is 1. The van der Waals surface area contributed by atoms with Crippen LogP contribution >= 0.6 is 0 Å². The number of anilines is 1. The quantitative estimate of drug-likeness (QED) is 0.351. The van der Waals surface area contributed by atoms with E-state index in [9.17, 15) is 4.79 Å². The van der Waals surface area contributed by atoms with Gasteiger partial charge in [0.05, 0.1) is 24.0 Å². The summed E-state index contributed by atoms with van der Waals surface area (Å²) in [5, 5.41) is 11.8. The maximum absolute atomic E-state index is 13.0. The topological polar surface area (TPSA) is 139 Å². The van der Waals surface area contributed by atoms with Crippen molar-refractivity contribution in [2.24, 2.45) is 14.1 Å². The van der Waals surface area contributed by atoms with Gasteiger partial charge in [-0.3, -0.25) is 9.48 Å². The standard InChI is InChI=1S/C18H21N9O2.C6H12O.C2H6/c1-25-8-5-20-17(25)16-22-15(19)14-13(18(28)21-6-9-29-3)11(10-27(14)24-16)12-4-7-26(2)23-12;1-7-6-4-2-3-5-6;1-2/h4-5,7-8,10H,6,9H2,1-3H3,(H,21,28)(H2,19,22,24);6H,2-5H2,1H3;1-2H3. The normalized spacial score (nSPS) is 13.1. The van der Waals surface area contributed by atoms with E-state index >= 15 is 0 Å². The first-order chi connectivity index (χ1) is 18.4. The summed E-state index contributed by atoms with van der Waals surface area (Å²) in [5.74, 6) is 0.802. The molecule has 0 bridgehead atoms. The zero-order chi connectivity index (χ0) is 27.7.